The Bertz CT molecular complexity index is 393. The maximum absolute atomic E-state index is 12.9. The summed E-state index contributed by atoms with van der Waals surface area (Å²) in [6.45, 7) is -0.611. The van der Waals surface area contributed by atoms with Crippen LogP contribution in [0.25, 0.3) is 0 Å². The molecule has 0 bridgehead atoms. The first-order valence-electron chi connectivity index (χ1n) is 4.12. The topological polar surface area (TPSA) is 46.5 Å². The lowest BCUT2D eigenvalue weighted by molar-refractivity contribution is -0.135. The highest BCUT2D eigenvalue weighted by Crippen LogP contribution is 2.26. The normalized spacial score (nSPS) is 10.3. The average Bonchev–Trinajstić information content (AvgIpc) is 2.22. The van der Waals surface area contributed by atoms with E-state index < -0.39 is 48.0 Å². The van der Waals surface area contributed by atoms with E-state index in [1.165, 1.54) is 0 Å². The number of aliphatic hydroxyl groups excluding tert-OH is 1. The maximum atomic E-state index is 12.9. The molecule has 16 heavy (non-hydrogen) atoms. The van der Waals surface area contributed by atoms with Crippen LogP contribution in [0.2, 0.25) is 0 Å². The van der Waals surface area contributed by atoms with Gasteiger partial charge in [-0.15, -0.1) is 0 Å². The van der Waals surface area contributed by atoms with Crippen LogP contribution in [0.3, 0.4) is 0 Å². The van der Waals surface area contributed by atoms with Gasteiger partial charge in [0, 0.05) is 6.07 Å². The van der Waals surface area contributed by atoms with Gasteiger partial charge in [-0.05, 0) is 0 Å². The Balaban J connectivity index is 3.07. The predicted molar refractivity (Wildman–Crippen MR) is 43.6 cm³/mol. The Kier molecular flexibility index (Phi) is 3.83. The van der Waals surface area contributed by atoms with Crippen LogP contribution >= 0.6 is 0 Å². The molecule has 0 saturated heterocycles. The van der Waals surface area contributed by atoms with Crippen molar-refractivity contribution in [2.24, 2.45) is 0 Å². The first kappa shape index (κ1) is 12.4. The molecule has 1 aromatic rings. The zero-order valence-corrected chi connectivity index (χ0v) is 7.77. The fourth-order valence-corrected chi connectivity index (χ4v) is 0.897. The molecule has 0 saturated carbocycles. The minimum atomic E-state index is -1.80. The van der Waals surface area contributed by atoms with Crippen LogP contribution in [-0.4, -0.2) is 17.7 Å². The SMILES string of the molecule is O=C(CCO)Oc1c(F)c(F)cc(F)c1F. The van der Waals surface area contributed by atoms with Gasteiger partial charge < -0.3 is 9.84 Å². The zero-order valence-electron chi connectivity index (χ0n) is 7.77. The third-order valence-electron chi connectivity index (χ3n) is 1.60. The van der Waals surface area contributed by atoms with Gasteiger partial charge in [-0.25, -0.2) is 8.78 Å². The molecule has 0 amide bonds. The van der Waals surface area contributed by atoms with E-state index in [1.54, 1.807) is 0 Å². The number of carbonyl (C=O) groups excluding carboxylic acids is 1. The van der Waals surface area contributed by atoms with E-state index in [-0.39, 0.29) is 6.07 Å². The van der Waals surface area contributed by atoms with Crippen LogP contribution in [-0.2, 0) is 4.79 Å². The molecule has 88 valence electrons. The van der Waals surface area contributed by atoms with Crippen molar-refractivity contribution in [3.63, 3.8) is 0 Å². The largest absolute Gasteiger partial charge is 0.420 e. The Morgan fingerprint density at radius 3 is 2.12 bits per heavy atom. The summed E-state index contributed by atoms with van der Waals surface area (Å²) >= 11 is 0. The smallest absolute Gasteiger partial charge is 0.313 e. The van der Waals surface area contributed by atoms with E-state index in [9.17, 15) is 22.4 Å². The molecule has 3 nitrogen and oxygen atoms in total. The summed E-state index contributed by atoms with van der Waals surface area (Å²) in [6.07, 6.45) is -0.545. The van der Waals surface area contributed by atoms with Gasteiger partial charge in [0.1, 0.15) is 0 Å². The molecule has 1 N–H and O–H groups in total. The molecule has 0 aliphatic carbocycles. The highest BCUT2D eigenvalue weighted by atomic mass is 19.2. The molecule has 0 spiro atoms. The van der Waals surface area contributed by atoms with E-state index >= 15 is 0 Å². The van der Waals surface area contributed by atoms with Crippen LogP contribution in [0.5, 0.6) is 5.75 Å². The minimum Gasteiger partial charge on any atom is -0.420 e. The molecule has 1 aromatic carbocycles. The minimum absolute atomic E-state index is 0.00591. The van der Waals surface area contributed by atoms with Gasteiger partial charge >= 0.3 is 5.97 Å². The molecule has 0 unspecified atom stereocenters. The van der Waals surface area contributed by atoms with E-state index in [0.29, 0.717) is 0 Å². The van der Waals surface area contributed by atoms with Crippen LogP contribution in [0.1, 0.15) is 6.42 Å². The summed E-state index contributed by atoms with van der Waals surface area (Å²) in [5.74, 6) is -9.60. The van der Waals surface area contributed by atoms with Crippen molar-refractivity contribution in [1.29, 1.82) is 0 Å². The van der Waals surface area contributed by atoms with E-state index in [0.717, 1.165) is 0 Å². The second-order valence-electron chi connectivity index (χ2n) is 2.74. The number of ether oxygens (including phenoxy) is 1. The number of hydrogen-bond donors (Lipinski definition) is 1. The molecule has 0 aromatic heterocycles. The Morgan fingerprint density at radius 1 is 1.19 bits per heavy atom. The van der Waals surface area contributed by atoms with Gasteiger partial charge in [0.05, 0.1) is 13.0 Å². The average molecular weight is 238 g/mol. The van der Waals surface area contributed by atoms with Crippen molar-refractivity contribution < 1.29 is 32.2 Å². The molecule has 0 radical (unpaired) electrons. The lowest BCUT2D eigenvalue weighted by atomic mass is 10.3. The summed E-state index contributed by atoms with van der Waals surface area (Å²) < 4.78 is 55.2. The molecule has 0 atom stereocenters. The lowest BCUT2D eigenvalue weighted by Crippen LogP contribution is -2.13. The Morgan fingerprint density at radius 2 is 1.69 bits per heavy atom. The molecule has 0 fully saturated rings. The molecular weight excluding hydrogens is 232 g/mol. The maximum Gasteiger partial charge on any atom is 0.313 e. The monoisotopic (exact) mass is 238 g/mol. The molecule has 7 heteroatoms. The van der Waals surface area contributed by atoms with Crippen molar-refractivity contribution in [2.45, 2.75) is 6.42 Å². The number of esters is 1. The van der Waals surface area contributed by atoms with Crippen molar-refractivity contribution >= 4 is 5.97 Å². The molecule has 0 aliphatic heterocycles. The molecular formula is C9H6F4O3. The number of rotatable bonds is 3. The summed E-state index contributed by atoms with van der Waals surface area (Å²) in [7, 11) is 0. The van der Waals surface area contributed by atoms with Crippen LogP contribution in [0.15, 0.2) is 6.07 Å². The number of benzene rings is 1. The van der Waals surface area contributed by atoms with Crippen molar-refractivity contribution in [2.75, 3.05) is 6.61 Å². The van der Waals surface area contributed by atoms with E-state index in [2.05, 4.69) is 4.74 Å². The third-order valence-corrected chi connectivity index (χ3v) is 1.60. The lowest BCUT2D eigenvalue weighted by Gasteiger charge is -2.06. The summed E-state index contributed by atoms with van der Waals surface area (Å²) in [5.41, 5.74) is 0. The first-order chi connectivity index (χ1) is 7.47. The first-order valence-corrected chi connectivity index (χ1v) is 4.12. The highest BCUT2D eigenvalue weighted by Gasteiger charge is 2.22. The van der Waals surface area contributed by atoms with E-state index in [1.807, 2.05) is 0 Å². The van der Waals surface area contributed by atoms with Gasteiger partial charge in [-0.2, -0.15) is 8.78 Å². The summed E-state index contributed by atoms with van der Waals surface area (Å²) in [5, 5.41) is 8.33. The van der Waals surface area contributed by atoms with Gasteiger partial charge in [-0.3, -0.25) is 4.79 Å². The fourth-order valence-electron chi connectivity index (χ4n) is 0.897. The zero-order chi connectivity index (χ0) is 12.3. The van der Waals surface area contributed by atoms with Gasteiger partial charge in [-0.1, -0.05) is 0 Å². The standard InChI is InChI=1S/C9H6F4O3/c10-4-3-5(11)8(13)9(7(4)12)16-6(15)1-2-14/h3,14H,1-2H2. The van der Waals surface area contributed by atoms with Crippen molar-refractivity contribution in [1.82, 2.24) is 0 Å². The Hall–Kier alpha value is -1.63. The van der Waals surface area contributed by atoms with Crippen LogP contribution in [0.4, 0.5) is 17.6 Å². The van der Waals surface area contributed by atoms with Gasteiger partial charge in [0.25, 0.3) is 0 Å². The van der Waals surface area contributed by atoms with E-state index in [4.69, 9.17) is 5.11 Å². The molecule has 1 rings (SSSR count). The quantitative estimate of drug-likeness (QED) is 0.376. The van der Waals surface area contributed by atoms with Gasteiger partial charge in [0.15, 0.2) is 11.6 Å². The summed E-state index contributed by atoms with van der Waals surface area (Å²) in [6, 6.07) is -0.00591. The number of aliphatic hydroxyl groups is 1. The summed E-state index contributed by atoms with van der Waals surface area (Å²) in [4.78, 5) is 10.8. The predicted octanol–water partition coefficient (Wildman–Crippen LogP) is 1.53. The number of halogens is 4. The van der Waals surface area contributed by atoms with Gasteiger partial charge in [0.2, 0.25) is 17.4 Å². The second kappa shape index (κ2) is 4.93. The fraction of sp³-hybridized carbons (Fsp3) is 0.222. The third kappa shape index (κ3) is 2.48. The molecule has 0 aliphatic rings. The van der Waals surface area contributed by atoms with Crippen molar-refractivity contribution in [3.8, 4) is 5.75 Å². The van der Waals surface area contributed by atoms with Crippen molar-refractivity contribution in [3.05, 3.63) is 29.3 Å². The number of hydrogen-bond acceptors (Lipinski definition) is 3. The molecule has 0 heterocycles. The second-order valence-corrected chi connectivity index (χ2v) is 2.74. The highest BCUT2D eigenvalue weighted by molar-refractivity contribution is 5.72. The number of carbonyl (C=O) groups is 1. The van der Waals surface area contributed by atoms with Crippen LogP contribution < -0.4 is 4.74 Å². The Labute approximate surface area is 87.3 Å². The van der Waals surface area contributed by atoms with Crippen LogP contribution in [0, 0.1) is 23.3 Å².